The molecule has 2 aromatic carbocycles. The van der Waals surface area contributed by atoms with Gasteiger partial charge in [-0.25, -0.2) is 15.0 Å². The summed E-state index contributed by atoms with van der Waals surface area (Å²) >= 11 is 0. The van der Waals surface area contributed by atoms with Gasteiger partial charge in [0.15, 0.2) is 17.7 Å². The lowest BCUT2D eigenvalue weighted by molar-refractivity contribution is -0.0692. The van der Waals surface area contributed by atoms with E-state index in [0.717, 1.165) is 11.1 Å². The third-order valence-electron chi connectivity index (χ3n) is 6.49. The van der Waals surface area contributed by atoms with Crippen molar-refractivity contribution in [1.29, 1.82) is 0 Å². The summed E-state index contributed by atoms with van der Waals surface area (Å²) in [7, 11) is 0. The number of imidazole rings is 1. The van der Waals surface area contributed by atoms with Crippen LogP contribution in [0, 0.1) is 0 Å². The first kappa shape index (κ1) is 22.4. The summed E-state index contributed by atoms with van der Waals surface area (Å²) in [6.45, 7) is 2.60. The molecule has 0 bridgehead atoms. The normalized spacial score (nSPS) is 22.9. The standard InChI is InChI=1S/C25H27N5O4/c1-25(16-8-4-2-5-9-16,17-10-6-3-7-11-17)13-33-12-18-20(31)21(32)24(34-18)30-15-29-19-22(26)27-14-28-23(19)30/h2-11,14-15,18,20-21,24,31-32H,12-13H2,1H3,(H2,26,27,28)/t18-,20-,21-,24-/m1/s1. The Hall–Kier alpha value is -3.37. The number of nitrogens with zero attached hydrogens (tertiary/aromatic N) is 4. The van der Waals surface area contributed by atoms with Gasteiger partial charge in [-0.1, -0.05) is 60.7 Å². The van der Waals surface area contributed by atoms with Crippen LogP contribution in [0.1, 0.15) is 24.3 Å². The lowest BCUT2D eigenvalue weighted by Gasteiger charge is -2.31. The van der Waals surface area contributed by atoms with Crippen molar-refractivity contribution in [3.63, 3.8) is 0 Å². The molecule has 1 fully saturated rings. The van der Waals surface area contributed by atoms with Crippen molar-refractivity contribution in [3.05, 3.63) is 84.4 Å². The summed E-state index contributed by atoms with van der Waals surface area (Å²) in [6.07, 6.45) is -1.13. The molecule has 9 nitrogen and oxygen atoms in total. The maximum atomic E-state index is 10.7. The number of rotatable bonds is 7. The van der Waals surface area contributed by atoms with E-state index in [-0.39, 0.29) is 12.4 Å². The van der Waals surface area contributed by atoms with Crippen molar-refractivity contribution in [2.24, 2.45) is 0 Å². The fourth-order valence-corrected chi connectivity index (χ4v) is 4.48. The Morgan fingerprint density at radius 2 is 1.62 bits per heavy atom. The van der Waals surface area contributed by atoms with Crippen LogP contribution in [-0.2, 0) is 14.9 Å². The molecule has 3 heterocycles. The topological polar surface area (TPSA) is 129 Å². The van der Waals surface area contributed by atoms with Crippen LogP contribution < -0.4 is 5.73 Å². The van der Waals surface area contributed by atoms with E-state index in [1.807, 2.05) is 36.4 Å². The van der Waals surface area contributed by atoms with Gasteiger partial charge in [-0.3, -0.25) is 4.57 Å². The third kappa shape index (κ3) is 3.92. The Morgan fingerprint density at radius 3 is 2.26 bits per heavy atom. The van der Waals surface area contributed by atoms with E-state index in [4.69, 9.17) is 15.2 Å². The summed E-state index contributed by atoms with van der Waals surface area (Å²) in [5.41, 5.74) is 8.53. The highest BCUT2D eigenvalue weighted by molar-refractivity contribution is 5.81. The first-order valence-corrected chi connectivity index (χ1v) is 11.1. The first-order valence-electron chi connectivity index (χ1n) is 11.1. The monoisotopic (exact) mass is 461 g/mol. The van der Waals surface area contributed by atoms with Crippen molar-refractivity contribution >= 4 is 17.0 Å². The molecule has 176 valence electrons. The van der Waals surface area contributed by atoms with E-state index in [1.165, 1.54) is 12.7 Å². The molecule has 2 aromatic heterocycles. The Bertz CT molecular complexity index is 1210. The molecule has 4 atom stereocenters. The predicted octanol–water partition coefficient (Wildman–Crippen LogP) is 2.05. The molecule has 1 aliphatic heterocycles. The molecule has 4 aromatic rings. The van der Waals surface area contributed by atoms with Gasteiger partial charge in [0.05, 0.1) is 19.5 Å². The molecule has 0 aliphatic carbocycles. The molecule has 1 aliphatic rings. The summed E-state index contributed by atoms with van der Waals surface area (Å²) < 4.78 is 13.7. The maximum absolute atomic E-state index is 10.7. The predicted molar refractivity (Wildman–Crippen MR) is 126 cm³/mol. The molecule has 4 N–H and O–H groups in total. The number of fused-ring (bicyclic) bond motifs is 1. The van der Waals surface area contributed by atoms with Crippen LogP contribution in [0.4, 0.5) is 5.82 Å². The van der Waals surface area contributed by atoms with Crippen molar-refractivity contribution in [2.75, 3.05) is 18.9 Å². The number of hydrogen-bond acceptors (Lipinski definition) is 8. The lowest BCUT2D eigenvalue weighted by atomic mass is 9.77. The summed E-state index contributed by atoms with van der Waals surface area (Å²) in [4.78, 5) is 12.3. The molecular formula is C25H27N5O4. The van der Waals surface area contributed by atoms with E-state index in [1.54, 1.807) is 4.57 Å². The van der Waals surface area contributed by atoms with Gasteiger partial charge in [0.1, 0.15) is 30.2 Å². The molecule has 0 amide bonds. The second-order valence-corrected chi connectivity index (χ2v) is 8.71. The minimum Gasteiger partial charge on any atom is -0.387 e. The quantitative estimate of drug-likeness (QED) is 0.381. The Balaban J connectivity index is 1.32. The van der Waals surface area contributed by atoms with Crippen LogP contribution in [0.25, 0.3) is 11.2 Å². The Morgan fingerprint density at radius 1 is 0.971 bits per heavy atom. The number of aliphatic hydroxyl groups is 2. The highest BCUT2D eigenvalue weighted by atomic mass is 16.6. The zero-order chi connectivity index (χ0) is 23.7. The van der Waals surface area contributed by atoms with Crippen LogP contribution in [0.15, 0.2) is 73.3 Å². The van der Waals surface area contributed by atoms with Crippen molar-refractivity contribution in [3.8, 4) is 0 Å². The molecule has 9 heteroatoms. The number of nitrogen functional groups attached to an aromatic ring is 1. The summed E-state index contributed by atoms with van der Waals surface area (Å²) in [5.74, 6) is 0.234. The van der Waals surface area contributed by atoms with Crippen LogP contribution in [0.3, 0.4) is 0 Å². The highest BCUT2D eigenvalue weighted by Crippen LogP contribution is 2.34. The van der Waals surface area contributed by atoms with Gasteiger partial charge in [-0.15, -0.1) is 0 Å². The number of aromatic nitrogens is 4. The summed E-state index contributed by atoms with van der Waals surface area (Å²) in [6, 6.07) is 20.3. The zero-order valence-electron chi connectivity index (χ0n) is 18.7. The van der Waals surface area contributed by atoms with E-state index in [0.29, 0.717) is 17.8 Å². The van der Waals surface area contributed by atoms with Gasteiger partial charge in [0.25, 0.3) is 0 Å². The molecule has 34 heavy (non-hydrogen) atoms. The van der Waals surface area contributed by atoms with E-state index in [9.17, 15) is 10.2 Å². The van der Waals surface area contributed by atoms with Crippen LogP contribution in [0.2, 0.25) is 0 Å². The van der Waals surface area contributed by atoms with Gasteiger partial charge in [0.2, 0.25) is 0 Å². The average Bonchev–Trinajstić information content (AvgIpc) is 3.42. The van der Waals surface area contributed by atoms with E-state index >= 15 is 0 Å². The van der Waals surface area contributed by atoms with Crippen molar-refractivity contribution < 1.29 is 19.7 Å². The van der Waals surface area contributed by atoms with Crippen LogP contribution >= 0.6 is 0 Å². The van der Waals surface area contributed by atoms with Gasteiger partial charge in [-0.2, -0.15) is 0 Å². The molecule has 5 rings (SSSR count). The molecule has 0 unspecified atom stereocenters. The van der Waals surface area contributed by atoms with E-state index < -0.39 is 30.0 Å². The Kier molecular flexibility index (Phi) is 6.01. The summed E-state index contributed by atoms with van der Waals surface area (Å²) in [5, 5.41) is 21.4. The minimum atomic E-state index is -1.18. The molecule has 0 spiro atoms. The molecule has 1 saturated heterocycles. The molecule has 0 radical (unpaired) electrons. The van der Waals surface area contributed by atoms with Crippen LogP contribution in [-0.4, -0.2) is 61.3 Å². The van der Waals surface area contributed by atoms with Gasteiger partial charge in [-0.05, 0) is 18.1 Å². The molecule has 0 saturated carbocycles. The van der Waals surface area contributed by atoms with Gasteiger partial charge < -0.3 is 25.4 Å². The fraction of sp³-hybridized carbons (Fsp3) is 0.320. The smallest absolute Gasteiger partial charge is 0.167 e. The maximum Gasteiger partial charge on any atom is 0.167 e. The average molecular weight is 462 g/mol. The second kappa shape index (κ2) is 9.11. The zero-order valence-corrected chi connectivity index (χ0v) is 18.7. The van der Waals surface area contributed by atoms with Crippen molar-refractivity contribution in [1.82, 2.24) is 19.5 Å². The van der Waals surface area contributed by atoms with E-state index in [2.05, 4.69) is 46.1 Å². The SMILES string of the molecule is CC(COC[C@H]1O[C@@H](n2cnc3c(N)ncnc32)[C@H](O)[C@@H]1O)(c1ccccc1)c1ccccc1. The van der Waals surface area contributed by atoms with Gasteiger partial charge >= 0.3 is 0 Å². The van der Waals surface area contributed by atoms with Crippen LogP contribution in [0.5, 0.6) is 0 Å². The van der Waals surface area contributed by atoms with Crippen molar-refractivity contribution in [2.45, 2.75) is 36.9 Å². The largest absolute Gasteiger partial charge is 0.387 e. The van der Waals surface area contributed by atoms with Gasteiger partial charge in [0, 0.05) is 5.41 Å². The lowest BCUT2D eigenvalue weighted by Crippen LogP contribution is -2.36. The number of anilines is 1. The number of nitrogens with two attached hydrogens (primary N) is 1. The Labute approximate surface area is 196 Å². The minimum absolute atomic E-state index is 0.105. The second-order valence-electron chi connectivity index (χ2n) is 8.71. The number of benzene rings is 2. The fourth-order valence-electron chi connectivity index (χ4n) is 4.48. The molecular weight excluding hydrogens is 434 g/mol. The number of hydrogen-bond donors (Lipinski definition) is 3. The first-order chi connectivity index (χ1) is 16.5. The number of aliphatic hydroxyl groups excluding tert-OH is 2. The highest BCUT2D eigenvalue weighted by Gasteiger charge is 2.44. The third-order valence-corrected chi connectivity index (χ3v) is 6.49. The number of ether oxygens (including phenoxy) is 2.